The number of halogens is 1. The molecule has 0 radical (unpaired) electrons. The number of primary amides is 1. The lowest BCUT2D eigenvalue weighted by atomic mass is 10.0. The Morgan fingerprint density at radius 3 is 2.02 bits per heavy atom. The number of benzene rings is 3. The van der Waals surface area contributed by atoms with E-state index < -0.39 is 83.4 Å². The van der Waals surface area contributed by atoms with E-state index in [2.05, 4.69) is 26.6 Å². The molecule has 1 fully saturated rings. The molecule has 1 aliphatic heterocycles. The van der Waals surface area contributed by atoms with Crippen LogP contribution < -0.4 is 38.1 Å². The van der Waals surface area contributed by atoms with Gasteiger partial charge in [0.05, 0.1) is 0 Å². The third-order valence-corrected chi connectivity index (χ3v) is 12.5. The van der Waals surface area contributed by atoms with Crippen LogP contribution in [-0.2, 0) is 52.8 Å². The number of hydrogen-bond acceptors (Lipinski definition) is 9. The van der Waals surface area contributed by atoms with Gasteiger partial charge in [-0.15, -0.1) is 11.3 Å². The number of rotatable bonds is 23. The number of carbonyl (C=O) groups is 7. The second kappa shape index (κ2) is 24.2. The number of amides is 7. The third kappa shape index (κ3) is 14.7. The molecule has 1 aromatic heterocycles. The number of nitrogens with zero attached hydrogens (tertiary/aromatic N) is 1. The second-order valence-electron chi connectivity index (χ2n) is 16.9. The molecule has 348 valence electrons. The highest BCUT2D eigenvalue weighted by Crippen LogP contribution is 2.27. The minimum Gasteiger partial charge on any atom is -0.368 e. The zero-order chi connectivity index (χ0) is 47.0. The molecule has 6 atom stereocenters. The lowest BCUT2D eigenvalue weighted by molar-refractivity contribution is -0.142. The Morgan fingerprint density at radius 1 is 0.723 bits per heavy atom. The van der Waals surface area contributed by atoms with Crippen LogP contribution >= 0.6 is 11.3 Å². The first-order valence-electron chi connectivity index (χ1n) is 22.2. The maximum atomic E-state index is 14.6. The van der Waals surface area contributed by atoms with E-state index in [1.54, 1.807) is 6.07 Å². The summed E-state index contributed by atoms with van der Waals surface area (Å²) in [6.07, 6.45) is 2.02. The number of likely N-dealkylation sites (tertiary alicyclic amines) is 1. The van der Waals surface area contributed by atoms with Crippen LogP contribution in [0.4, 0.5) is 4.39 Å². The molecule has 9 N–H and O–H groups in total. The summed E-state index contributed by atoms with van der Waals surface area (Å²) >= 11 is 1.47. The normalized spacial score (nSPS) is 15.9. The highest BCUT2D eigenvalue weighted by atomic mass is 32.1. The summed E-state index contributed by atoms with van der Waals surface area (Å²) in [5, 5.41) is 14.8. The van der Waals surface area contributed by atoms with E-state index in [0.717, 1.165) is 20.5 Å². The van der Waals surface area contributed by atoms with Crippen molar-refractivity contribution in [1.82, 2.24) is 31.5 Å². The maximum absolute atomic E-state index is 14.6. The van der Waals surface area contributed by atoms with E-state index in [4.69, 9.17) is 11.5 Å². The summed E-state index contributed by atoms with van der Waals surface area (Å²) in [6, 6.07) is 18.0. The first kappa shape index (κ1) is 49.8. The van der Waals surface area contributed by atoms with Crippen LogP contribution in [-0.4, -0.2) is 95.6 Å². The van der Waals surface area contributed by atoms with E-state index in [1.165, 1.54) is 41.4 Å². The maximum Gasteiger partial charge on any atom is 0.245 e. The standard InChI is InChI=1S/C48H61FN8O7S/c1-29(2)21-22-36(44(60)56-40(28-34-26-33-16-8-10-20-42(33)65-34)46(62)55-38(43(51)59)25-31-13-5-4-6-14-31)53-47(63)41-19-12-24-57(41)48(64)37(18-11-23-50)54-45(61)39(52-30(3)58)27-32-15-7-9-17-35(32)49/h4-10,13-17,20,26,29,36-41H,11-12,18-19,21-25,27-28,50H2,1-3H3,(H2,51,59)(H,52,58)(H,53,63)(H,54,61)(H,55,62)(H,56,60)/t36-,37+,38+,39+,40+,41+/m1/s1. The van der Waals surface area contributed by atoms with Crippen LogP contribution in [0.15, 0.2) is 84.9 Å². The topological polar surface area (TPSA) is 235 Å². The average molecular weight is 913 g/mol. The highest BCUT2D eigenvalue weighted by molar-refractivity contribution is 7.19. The number of fused-ring (bicyclic) bond motifs is 1. The van der Waals surface area contributed by atoms with E-state index in [9.17, 15) is 38.0 Å². The summed E-state index contributed by atoms with van der Waals surface area (Å²) in [5.41, 5.74) is 12.6. The van der Waals surface area contributed by atoms with E-state index in [1.807, 2.05) is 74.5 Å². The monoisotopic (exact) mass is 912 g/mol. The average Bonchev–Trinajstić information content (AvgIpc) is 3.94. The molecule has 0 saturated carbocycles. The Balaban J connectivity index is 1.34. The predicted octanol–water partition coefficient (Wildman–Crippen LogP) is 3.16. The first-order valence-corrected chi connectivity index (χ1v) is 23.0. The van der Waals surface area contributed by atoms with Crippen molar-refractivity contribution in [2.24, 2.45) is 17.4 Å². The fraction of sp³-hybridized carbons (Fsp3) is 0.438. The Kier molecular flexibility index (Phi) is 18.5. The first-order chi connectivity index (χ1) is 31.1. The molecule has 0 unspecified atom stereocenters. The quantitative estimate of drug-likeness (QED) is 0.0583. The molecule has 0 spiro atoms. The Hall–Kier alpha value is -6.20. The molecule has 7 amide bonds. The Bertz CT molecular complexity index is 2260. The molecule has 4 aromatic rings. The summed E-state index contributed by atoms with van der Waals surface area (Å²) in [7, 11) is 0. The molecule has 0 bridgehead atoms. The SMILES string of the molecule is CC(=O)N[C@@H](Cc1ccccc1F)C(=O)N[C@@H](CCCN)C(=O)N1CCC[C@H]1C(=O)N[C@H](CCC(C)C)C(=O)N[C@@H](Cc1cc2ccccc2s1)C(=O)N[C@@H](Cc1ccccc1)C(N)=O. The number of nitrogens with two attached hydrogens (primary N) is 2. The van der Waals surface area contributed by atoms with Gasteiger partial charge in [0.15, 0.2) is 0 Å². The molecule has 1 aliphatic rings. The number of thiophene rings is 1. The highest BCUT2D eigenvalue weighted by Gasteiger charge is 2.40. The van der Waals surface area contributed by atoms with Crippen LogP contribution in [0.1, 0.15) is 75.3 Å². The molecular formula is C48H61FN8O7S. The second-order valence-corrected chi connectivity index (χ2v) is 18.1. The van der Waals surface area contributed by atoms with Crippen LogP contribution in [0.25, 0.3) is 10.1 Å². The van der Waals surface area contributed by atoms with Crippen molar-refractivity contribution >= 4 is 62.8 Å². The van der Waals surface area contributed by atoms with Gasteiger partial charge >= 0.3 is 0 Å². The van der Waals surface area contributed by atoms with Crippen LogP contribution in [0.3, 0.4) is 0 Å². The molecule has 65 heavy (non-hydrogen) atoms. The Labute approximate surface area is 383 Å². The van der Waals surface area contributed by atoms with Crippen molar-refractivity contribution in [3.63, 3.8) is 0 Å². The van der Waals surface area contributed by atoms with Crippen molar-refractivity contribution in [2.45, 2.75) is 115 Å². The van der Waals surface area contributed by atoms with Gasteiger partial charge in [-0.05, 0) is 85.7 Å². The third-order valence-electron chi connectivity index (χ3n) is 11.3. The lowest BCUT2D eigenvalue weighted by Gasteiger charge is -2.31. The molecule has 5 rings (SSSR count). The lowest BCUT2D eigenvalue weighted by Crippen LogP contribution is -2.59. The molecule has 2 heterocycles. The van der Waals surface area contributed by atoms with Crippen LogP contribution in [0.5, 0.6) is 0 Å². The molecule has 15 nitrogen and oxygen atoms in total. The molecular weight excluding hydrogens is 852 g/mol. The summed E-state index contributed by atoms with van der Waals surface area (Å²) in [6.45, 7) is 5.59. The van der Waals surface area contributed by atoms with Crippen molar-refractivity contribution in [3.8, 4) is 0 Å². The van der Waals surface area contributed by atoms with Crippen molar-refractivity contribution in [3.05, 3.63) is 107 Å². The van der Waals surface area contributed by atoms with Gasteiger partial charge in [0.1, 0.15) is 42.1 Å². The Morgan fingerprint density at radius 2 is 1.35 bits per heavy atom. The fourth-order valence-electron chi connectivity index (χ4n) is 7.90. The van der Waals surface area contributed by atoms with Gasteiger partial charge in [-0.1, -0.05) is 80.6 Å². The molecule has 17 heteroatoms. The number of nitrogens with one attached hydrogen (secondary N) is 5. The van der Waals surface area contributed by atoms with E-state index in [0.29, 0.717) is 19.3 Å². The van der Waals surface area contributed by atoms with Gasteiger partial charge in [0.2, 0.25) is 41.4 Å². The van der Waals surface area contributed by atoms with Crippen molar-refractivity contribution in [1.29, 1.82) is 0 Å². The van der Waals surface area contributed by atoms with Gasteiger partial charge in [-0.25, -0.2) is 4.39 Å². The minimum absolute atomic E-state index is 0.0858. The van der Waals surface area contributed by atoms with Gasteiger partial charge < -0.3 is 43.0 Å². The van der Waals surface area contributed by atoms with Gasteiger partial charge in [-0.2, -0.15) is 0 Å². The molecule has 1 saturated heterocycles. The zero-order valence-electron chi connectivity index (χ0n) is 37.1. The predicted molar refractivity (Wildman–Crippen MR) is 247 cm³/mol. The smallest absolute Gasteiger partial charge is 0.245 e. The summed E-state index contributed by atoms with van der Waals surface area (Å²) < 4.78 is 15.6. The zero-order valence-corrected chi connectivity index (χ0v) is 38.0. The fourth-order valence-corrected chi connectivity index (χ4v) is 9.00. The van der Waals surface area contributed by atoms with Gasteiger partial charge in [0.25, 0.3) is 0 Å². The largest absolute Gasteiger partial charge is 0.368 e. The summed E-state index contributed by atoms with van der Waals surface area (Å²) in [5.74, 6) is -4.76. The van der Waals surface area contributed by atoms with Crippen molar-refractivity contribution < 1.29 is 38.0 Å². The minimum atomic E-state index is -1.20. The summed E-state index contributed by atoms with van der Waals surface area (Å²) in [4.78, 5) is 97.7. The van der Waals surface area contributed by atoms with E-state index in [-0.39, 0.29) is 63.1 Å². The van der Waals surface area contributed by atoms with Crippen LogP contribution in [0.2, 0.25) is 0 Å². The molecule has 0 aliphatic carbocycles. The number of carbonyl (C=O) groups excluding carboxylic acids is 7. The number of hydrogen-bond donors (Lipinski definition) is 7. The van der Waals surface area contributed by atoms with Gasteiger partial charge in [0, 0.05) is 42.3 Å². The van der Waals surface area contributed by atoms with Crippen LogP contribution in [0, 0.1) is 11.7 Å². The molecule has 3 aromatic carbocycles. The van der Waals surface area contributed by atoms with E-state index >= 15 is 0 Å². The van der Waals surface area contributed by atoms with Gasteiger partial charge in [-0.3, -0.25) is 33.6 Å². The van der Waals surface area contributed by atoms with Crippen molar-refractivity contribution in [2.75, 3.05) is 13.1 Å².